The third-order valence-electron chi connectivity index (χ3n) is 2.36. The first-order chi connectivity index (χ1) is 8.18. The van der Waals surface area contributed by atoms with Gasteiger partial charge in [0.1, 0.15) is 0 Å². The van der Waals surface area contributed by atoms with Crippen molar-refractivity contribution in [3.63, 3.8) is 0 Å². The summed E-state index contributed by atoms with van der Waals surface area (Å²) in [4.78, 5) is 13.5. The van der Waals surface area contributed by atoms with Gasteiger partial charge in [0, 0.05) is 13.1 Å². The van der Waals surface area contributed by atoms with Crippen molar-refractivity contribution >= 4 is 6.03 Å². The predicted octanol–water partition coefficient (Wildman–Crippen LogP) is 1.44. The Labute approximate surface area is 103 Å². The van der Waals surface area contributed by atoms with E-state index in [1.807, 2.05) is 44.4 Å². The molecule has 0 bridgehead atoms. The summed E-state index contributed by atoms with van der Waals surface area (Å²) < 4.78 is 0. The molecule has 2 amide bonds. The third kappa shape index (κ3) is 6.58. The van der Waals surface area contributed by atoms with Crippen LogP contribution in [0.25, 0.3) is 0 Å². The van der Waals surface area contributed by atoms with Crippen LogP contribution in [0.3, 0.4) is 0 Å². The van der Waals surface area contributed by atoms with Crippen LogP contribution in [0, 0.1) is 0 Å². The van der Waals surface area contributed by atoms with Crippen LogP contribution < -0.4 is 10.6 Å². The molecule has 0 saturated heterocycles. The minimum absolute atomic E-state index is 0.104. The number of carbonyl (C=O) groups excluding carboxylic acids is 1. The molecule has 1 rings (SSSR count). The van der Waals surface area contributed by atoms with Gasteiger partial charge in [0.25, 0.3) is 0 Å². The van der Waals surface area contributed by atoms with Crippen LogP contribution in [0.1, 0.15) is 12.0 Å². The summed E-state index contributed by atoms with van der Waals surface area (Å²) in [6, 6.07) is 9.77. The number of nitrogens with one attached hydrogen (secondary N) is 2. The van der Waals surface area contributed by atoms with Crippen molar-refractivity contribution < 1.29 is 4.79 Å². The zero-order chi connectivity index (χ0) is 12.5. The molecule has 0 aliphatic heterocycles. The van der Waals surface area contributed by atoms with Gasteiger partial charge in [-0.25, -0.2) is 4.79 Å². The highest BCUT2D eigenvalue weighted by Gasteiger charge is 1.99. The van der Waals surface area contributed by atoms with Gasteiger partial charge in [-0.3, -0.25) is 0 Å². The van der Waals surface area contributed by atoms with Crippen molar-refractivity contribution in [1.82, 2.24) is 15.5 Å². The second-order valence-electron chi connectivity index (χ2n) is 4.25. The van der Waals surface area contributed by atoms with Gasteiger partial charge >= 0.3 is 6.03 Å². The Kier molecular flexibility index (Phi) is 6.10. The zero-order valence-corrected chi connectivity index (χ0v) is 10.6. The summed E-state index contributed by atoms with van der Waals surface area (Å²) in [5.74, 6) is 0. The van der Waals surface area contributed by atoms with Crippen molar-refractivity contribution in [2.45, 2.75) is 13.0 Å². The third-order valence-corrected chi connectivity index (χ3v) is 2.36. The lowest BCUT2D eigenvalue weighted by Gasteiger charge is -2.10. The molecule has 94 valence electrons. The number of hydrogen-bond donors (Lipinski definition) is 2. The fraction of sp³-hybridized carbons (Fsp3) is 0.462. The lowest BCUT2D eigenvalue weighted by Crippen LogP contribution is -2.36. The second kappa shape index (κ2) is 7.68. The highest BCUT2D eigenvalue weighted by Crippen LogP contribution is 1.96. The molecule has 2 N–H and O–H groups in total. The standard InChI is InChI=1S/C13H21N3O/c1-16(2)10-6-9-14-13(17)15-11-12-7-4-3-5-8-12/h3-5,7-8H,6,9-11H2,1-2H3,(H2,14,15,17). The molecule has 0 heterocycles. The molecule has 1 aromatic carbocycles. The molecular weight excluding hydrogens is 214 g/mol. The van der Waals surface area contributed by atoms with Crippen molar-refractivity contribution in [3.8, 4) is 0 Å². The maximum Gasteiger partial charge on any atom is 0.315 e. The number of urea groups is 1. The molecule has 4 nitrogen and oxygen atoms in total. The summed E-state index contributed by atoms with van der Waals surface area (Å²) in [5.41, 5.74) is 1.11. The quantitative estimate of drug-likeness (QED) is 0.733. The van der Waals surface area contributed by atoms with E-state index in [9.17, 15) is 4.79 Å². The number of nitrogens with zero attached hydrogens (tertiary/aromatic N) is 1. The largest absolute Gasteiger partial charge is 0.338 e. The first kappa shape index (κ1) is 13.5. The second-order valence-corrected chi connectivity index (χ2v) is 4.25. The van der Waals surface area contributed by atoms with Crippen LogP contribution in [0.15, 0.2) is 30.3 Å². The Morgan fingerprint density at radius 3 is 2.53 bits per heavy atom. The first-order valence-electron chi connectivity index (χ1n) is 5.89. The maximum atomic E-state index is 11.4. The van der Waals surface area contributed by atoms with E-state index < -0.39 is 0 Å². The number of amides is 2. The molecule has 0 spiro atoms. The van der Waals surface area contributed by atoms with Gasteiger partial charge in [-0.05, 0) is 32.6 Å². The summed E-state index contributed by atoms with van der Waals surface area (Å²) in [5, 5.41) is 5.65. The van der Waals surface area contributed by atoms with E-state index >= 15 is 0 Å². The number of carbonyl (C=O) groups is 1. The van der Waals surface area contributed by atoms with Gasteiger partial charge in [-0.15, -0.1) is 0 Å². The molecule has 0 aromatic heterocycles. The van der Waals surface area contributed by atoms with Crippen molar-refractivity contribution in [2.75, 3.05) is 27.2 Å². The fourth-order valence-electron chi connectivity index (χ4n) is 1.44. The minimum Gasteiger partial charge on any atom is -0.338 e. The molecule has 0 fully saturated rings. The average molecular weight is 235 g/mol. The Morgan fingerprint density at radius 2 is 1.88 bits per heavy atom. The minimum atomic E-state index is -0.104. The molecule has 0 aliphatic rings. The zero-order valence-electron chi connectivity index (χ0n) is 10.6. The van der Waals surface area contributed by atoms with Gasteiger partial charge in [0.05, 0.1) is 0 Å². The smallest absolute Gasteiger partial charge is 0.315 e. The Balaban J connectivity index is 2.09. The Morgan fingerprint density at radius 1 is 1.18 bits per heavy atom. The van der Waals surface area contributed by atoms with Gasteiger partial charge in [-0.2, -0.15) is 0 Å². The van der Waals surface area contributed by atoms with Crippen LogP contribution in [-0.4, -0.2) is 38.1 Å². The topological polar surface area (TPSA) is 44.4 Å². The first-order valence-corrected chi connectivity index (χ1v) is 5.89. The SMILES string of the molecule is CN(C)CCCNC(=O)NCc1ccccc1. The lowest BCUT2D eigenvalue weighted by molar-refractivity contribution is 0.240. The summed E-state index contributed by atoms with van der Waals surface area (Å²) >= 11 is 0. The Hall–Kier alpha value is -1.55. The summed E-state index contributed by atoms with van der Waals surface area (Å²) in [6.45, 7) is 2.26. The fourth-order valence-corrected chi connectivity index (χ4v) is 1.44. The monoisotopic (exact) mass is 235 g/mol. The van der Waals surface area contributed by atoms with E-state index in [4.69, 9.17) is 0 Å². The van der Waals surface area contributed by atoms with Crippen LogP contribution in [0.4, 0.5) is 4.79 Å². The van der Waals surface area contributed by atoms with Gasteiger partial charge in [0.15, 0.2) is 0 Å². The van der Waals surface area contributed by atoms with Gasteiger partial charge < -0.3 is 15.5 Å². The normalized spacial score (nSPS) is 10.3. The molecule has 4 heteroatoms. The highest BCUT2D eigenvalue weighted by atomic mass is 16.2. The van der Waals surface area contributed by atoms with E-state index in [1.165, 1.54) is 0 Å². The summed E-state index contributed by atoms with van der Waals surface area (Å²) in [7, 11) is 4.05. The van der Waals surface area contributed by atoms with Crippen LogP contribution in [0.5, 0.6) is 0 Å². The lowest BCUT2D eigenvalue weighted by atomic mass is 10.2. The van der Waals surface area contributed by atoms with Crippen LogP contribution >= 0.6 is 0 Å². The predicted molar refractivity (Wildman–Crippen MR) is 69.9 cm³/mol. The highest BCUT2D eigenvalue weighted by molar-refractivity contribution is 5.73. The van der Waals surface area contributed by atoms with Crippen LogP contribution in [0.2, 0.25) is 0 Å². The summed E-state index contributed by atoms with van der Waals surface area (Å²) in [6.07, 6.45) is 0.964. The number of rotatable bonds is 6. The van der Waals surface area contributed by atoms with Crippen molar-refractivity contribution in [3.05, 3.63) is 35.9 Å². The van der Waals surface area contributed by atoms with E-state index in [2.05, 4.69) is 15.5 Å². The molecule has 17 heavy (non-hydrogen) atoms. The number of benzene rings is 1. The van der Waals surface area contributed by atoms with E-state index in [0.29, 0.717) is 13.1 Å². The van der Waals surface area contributed by atoms with E-state index in [0.717, 1.165) is 18.5 Å². The van der Waals surface area contributed by atoms with Gasteiger partial charge in [-0.1, -0.05) is 30.3 Å². The van der Waals surface area contributed by atoms with E-state index in [-0.39, 0.29) is 6.03 Å². The maximum absolute atomic E-state index is 11.4. The molecule has 0 unspecified atom stereocenters. The average Bonchev–Trinajstić information content (AvgIpc) is 2.33. The molecule has 0 radical (unpaired) electrons. The molecule has 0 saturated carbocycles. The Bertz CT molecular complexity index is 325. The van der Waals surface area contributed by atoms with E-state index in [1.54, 1.807) is 0 Å². The van der Waals surface area contributed by atoms with Gasteiger partial charge in [0.2, 0.25) is 0 Å². The molecule has 0 aliphatic carbocycles. The van der Waals surface area contributed by atoms with Crippen LogP contribution in [-0.2, 0) is 6.54 Å². The van der Waals surface area contributed by atoms with Crippen molar-refractivity contribution in [2.24, 2.45) is 0 Å². The number of hydrogen-bond acceptors (Lipinski definition) is 2. The van der Waals surface area contributed by atoms with Crippen molar-refractivity contribution in [1.29, 1.82) is 0 Å². The molecule has 0 atom stereocenters. The molecule has 1 aromatic rings. The molecular formula is C13H21N3O.